The van der Waals surface area contributed by atoms with Crippen LogP contribution in [0.5, 0.6) is 0 Å². The lowest BCUT2D eigenvalue weighted by Crippen LogP contribution is -2.38. The van der Waals surface area contributed by atoms with Crippen molar-refractivity contribution in [3.63, 3.8) is 0 Å². The molecule has 2 rings (SSSR count). The van der Waals surface area contributed by atoms with Gasteiger partial charge in [-0.05, 0) is 31.5 Å². The summed E-state index contributed by atoms with van der Waals surface area (Å²) in [6.07, 6.45) is 6.16. The Morgan fingerprint density at radius 3 is 2.92 bits per heavy atom. The summed E-state index contributed by atoms with van der Waals surface area (Å²) in [5.41, 5.74) is 1.17. The van der Waals surface area contributed by atoms with Crippen LogP contribution in [0.3, 0.4) is 0 Å². The van der Waals surface area contributed by atoms with Gasteiger partial charge in [-0.15, -0.1) is 0 Å². The Morgan fingerprint density at radius 1 is 1.38 bits per heavy atom. The molecule has 1 aliphatic rings. The molecule has 0 radical (unpaired) electrons. The summed E-state index contributed by atoms with van der Waals surface area (Å²) in [6, 6.07) is 4.60. The van der Waals surface area contributed by atoms with Crippen molar-refractivity contribution in [1.29, 1.82) is 0 Å². The first kappa shape index (κ1) is 8.51. The van der Waals surface area contributed by atoms with E-state index in [1.54, 1.807) is 0 Å². The summed E-state index contributed by atoms with van der Waals surface area (Å²) in [5.74, 6) is 0. The second-order valence-corrected chi connectivity index (χ2v) is 3.42. The number of piperidine rings is 1. The zero-order valence-corrected chi connectivity index (χ0v) is 7.66. The minimum absolute atomic E-state index is 0.580. The summed E-state index contributed by atoms with van der Waals surface area (Å²) >= 11 is 0. The highest BCUT2D eigenvalue weighted by atomic mass is 15.0. The minimum Gasteiger partial charge on any atom is -0.381 e. The molecule has 0 saturated carbocycles. The van der Waals surface area contributed by atoms with Crippen LogP contribution in [0, 0.1) is 0 Å². The zero-order valence-electron chi connectivity index (χ0n) is 7.66. The highest BCUT2D eigenvalue weighted by Crippen LogP contribution is 2.10. The van der Waals surface area contributed by atoms with Crippen LogP contribution in [0.2, 0.25) is 0 Å². The molecule has 2 N–H and O–H groups in total. The smallest absolute Gasteiger partial charge is 0.0386 e. The summed E-state index contributed by atoms with van der Waals surface area (Å²) in [5, 5.41) is 6.86. The molecule has 1 atom stereocenters. The van der Waals surface area contributed by atoms with E-state index < -0.39 is 0 Å². The van der Waals surface area contributed by atoms with Crippen molar-refractivity contribution in [2.75, 3.05) is 18.4 Å². The van der Waals surface area contributed by atoms with E-state index in [1.165, 1.54) is 18.5 Å². The average Bonchev–Trinajstić information content (AvgIpc) is 2.21. The Morgan fingerprint density at radius 2 is 2.23 bits per heavy atom. The molecule has 0 aliphatic carbocycles. The Labute approximate surface area is 78.6 Å². The number of hydrogen-bond acceptors (Lipinski definition) is 3. The summed E-state index contributed by atoms with van der Waals surface area (Å²) in [4.78, 5) is 3.98. The van der Waals surface area contributed by atoms with Gasteiger partial charge in [0.15, 0.2) is 0 Å². The quantitative estimate of drug-likeness (QED) is 0.713. The van der Waals surface area contributed by atoms with E-state index in [0.29, 0.717) is 6.04 Å². The van der Waals surface area contributed by atoms with Crippen molar-refractivity contribution in [2.45, 2.75) is 18.9 Å². The maximum absolute atomic E-state index is 3.98. The van der Waals surface area contributed by atoms with Crippen LogP contribution >= 0.6 is 0 Å². The molecule has 1 saturated heterocycles. The van der Waals surface area contributed by atoms with E-state index in [1.807, 2.05) is 24.5 Å². The third-order valence-corrected chi connectivity index (χ3v) is 2.35. The Balaban J connectivity index is 1.90. The van der Waals surface area contributed by atoms with Gasteiger partial charge in [0, 0.05) is 30.7 Å². The number of anilines is 1. The predicted molar refractivity (Wildman–Crippen MR) is 53.8 cm³/mol. The van der Waals surface area contributed by atoms with Crippen molar-refractivity contribution < 1.29 is 0 Å². The molecule has 1 aromatic rings. The van der Waals surface area contributed by atoms with E-state index in [2.05, 4.69) is 15.6 Å². The van der Waals surface area contributed by atoms with Crippen LogP contribution in [0.25, 0.3) is 0 Å². The summed E-state index contributed by atoms with van der Waals surface area (Å²) < 4.78 is 0. The van der Waals surface area contributed by atoms with Crippen LogP contribution in [0.1, 0.15) is 12.8 Å². The van der Waals surface area contributed by atoms with E-state index in [4.69, 9.17) is 0 Å². The minimum atomic E-state index is 0.580. The molecule has 1 fully saturated rings. The van der Waals surface area contributed by atoms with Gasteiger partial charge in [-0.1, -0.05) is 0 Å². The lowest BCUT2D eigenvalue weighted by atomic mass is 10.1. The maximum atomic E-state index is 3.98. The molecule has 2 heterocycles. The van der Waals surface area contributed by atoms with Crippen LogP contribution in [-0.4, -0.2) is 24.1 Å². The molecule has 70 valence electrons. The van der Waals surface area contributed by atoms with Gasteiger partial charge >= 0.3 is 0 Å². The monoisotopic (exact) mass is 177 g/mol. The van der Waals surface area contributed by atoms with Crippen LogP contribution in [0.4, 0.5) is 5.69 Å². The SMILES string of the molecule is c1cc(N[C@@H]2CCCNC2)ccn1. The third kappa shape index (κ3) is 2.42. The Kier molecular flexibility index (Phi) is 2.77. The Hall–Kier alpha value is -1.09. The van der Waals surface area contributed by atoms with Gasteiger partial charge in [0.1, 0.15) is 0 Å². The molecule has 0 amide bonds. The molecular weight excluding hydrogens is 162 g/mol. The fourth-order valence-corrected chi connectivity index (χ4v) is 1.66. The largest absolute Gasteiger partial charge is 0.381 e. The normalized spacial score (nSPS) is 22.6. The molecule has 1 aliphatic heterocycles. The van der Waals surface area contributed by atoms with Crippen molar-refractivity contribution in [3.05, 3.63) is 24.5 Å². The Bertz CT molecular complexity index is 242. The number of nitrogens with zero attached hydrogens (tertiary/aromatic N) is 1. The first-order chi connectivity index (χ1) is 6.45. The first-order valence-corrected chi connectivity index (χ1v) is 4.82. The van der Waals surface area contributed by atoms with Gasteiger partial charge < -0.3 is 10.6 Å². The molecular formula is C10H15N3. The number of aromatic nitrogens is 1. The van der Waals surface area contributed by atoms with Crippen molar-refractivity contribution in [1.82, 2.24) is 10.3 Å². The second kappa shape index (κ2) is 4.23. The first-order valence-electron chi connectivity index (χ1n) is 4.82. The van der Waals surface area contributed by atoms with E-state index >= 15 is 0 Å². The van der Waals surface area contributed by atoms with Crippen LogP contribution < -0.4 is 10.6 Å². The second-order valence-electron chi connectivity index (χ2n) is 3.42. The number of hydrogen-bond donors (Lipinski definition) is 2. The topological polar surface area (TPSA) is 37.0 Å². The van der Waals surface area contributed by atoms with Gasteiger partial charge in [0.2, 0.25) is 0 Å². The molecule has 0 unspecified atom stereocenters. The maximum Gasteiger partial charge on any atom is 0.0386 e. The van der Waals surface area contributed by atoms with Gasteiger partial charge in [0.05, 0.1) is 0 Å². The molecule has 1 aromatic heterocycles. The summed E-state index contributed by atoms with van der Waals surface area (Å²) in [7, 11) is 0. The highest BCUT2D eigenvalue weighted by molar-refractivity contribution is 5.41. The molecule has 13 heavy (non-hydrogen) atoms. The van der Waals surface area contributed by atoms with Gasteiger partial charge in [-0.25, -0.2) is 0 Å². The standard InChI is InChI=1S/C10H15N3/c1-2-10(8-12-5-1)13-9-3-6-11-7-4-9/h3-4,6-7,10,12H,1-2,5,8H2,(H,11,13)/t10-/m1/s1. The van der Waals surface area contributed by atoms with Gasteiger partial charge in [-0.3, -0.25) is 4.98 Å². The highest BCUT2D eigenvalue weighted by Gasteiger charge is 2.11. The molecule has 0 spiro atoms. The van der Waals surface area contributed by atoms with Crippen LogP contribution in [0.15, 0.2) is 24.5 Å². The predicted octanol–water partition coefficient (Wildman–Crippen LogP) is 1.25. The van der Waals surface area contributed by atoms with Crippen LogP contribution in [-0.2, 0) is 0 Å². The van der Waals surface area contributed by atoms with Crippen molar-refractivity contribution in [2.24, 2.45) is 0 Å². The van der Waals surface area contributed by atoms with E-state index in [-0.39, 0.29) is 0 Å². The average molecular weight is 177 g/mol. The van der Waals surface area contributed by atoms with Gasteiger partial charge in [0.25, 0.3) is 0 Å². The molecule has 3 heteroatoms. The number of pyridine rings is 1. The zero-order chi connectivity index (χ0) is 8.93. The number of nitrogens with one attached hydrogen (secondary N) is 2. The van der Waals surface area contributed by atoms with Crippen molar-refractivity contribution >= 4 is 5.69 Å². The van der Waals surface area contributed by atoms with E-state index in [0.717, 1.165) is 13.1 Å². The van der Waals surface area contributed by atoms with Crippen molar-refractivity contribution in [3.8, 4) is 0 Å². The van der Waals surface area contributed by atoms with E-state index in [9.17, 15) is 0 Å². The fourth-order valence-electron chi connectivity index (χ4n) is 1.66. The molecule has 3 nitrogen and oxygen atoms in total. The van der Waals surface area contributed by atoms with Gasteiger partial charge in [-0.2, -0.15) is 0 Å². The molecule has 0 aromatic carbocycles. The lowest BCUT2D eigenvalue weighted by molar-refractivity contribution is 0.480. The number of rotatable bonds is 2. The summed E-state index contributed by atoms with van der Waals surface area (Å²) in [6.45, 7) is 2.23. The third-order valence-electron chi connectivity index (χ3n) is 2.35. The molecule has 0 bridgehead atoms. The lowest BCUT2D eigenvalue weighted by Gasteiger charge is -2.24. The fraction of sp³-hybridized carbons (Fsp3) is 0.500.